The number of benzene rings is 2. The molecule has 0 aliphatic heterocycles. The van der Waals surface area contributed by atoms with Crippen molar-refractivity contribution in [3.8, 4) is 11.5 Å². The molecule has 2 aromatic carbocycles. The van der Waals surface area contributed by atoms with E-state index in [4.69, 9.17) is 9.47 Å². The summed E-state index contributed by atoms with van der Waals surface area (Å²) in [4.78, 5) is 23.3. The van der Waals surface area contributed by atoms with Crippen LogP contribution in [0.4, 0.5) is 5.69 Å². The average molecular weight is 342 g/mol. The van der Waals surface area contributed by atoms with Crippen molar-refractivity contribution in [2.75, 3.05) is 19.5 Å². The minimum absolute atomic E-state index is 0.154. The molecule has 0 aromatic heterocycles. The molecule has 25 heavy (non-hydrogen) atoms. The molecule has 0 saturated carbocycles. The van der Waals surface area contributed by atoms with E-state index >= 15 is 0 Å². The first-order valence-corrected chi connectivity index (χ1v) is 7.82. The van der Waals surface area contributed by atoms with Gasteiger partial charge < -0.3 is 20.1 Å². The fourth-order valence-electron chi connectivity index (χ4n) is 2.56. The molecule has 0 unspecified atom stereocenters. The highest BCUT2D eigenvalue weighted by atomic mass is 16.5. The molecule has 2 N–H and O–H groups in total. The Kier molecular flexibility index (Phi) is 6.00. The first kappa shape index (κ1) is 18.3. The van der Waals surface area contributed by atoms with Crippen LogP contribution in [0, 0.1) is 6.92 Å². The van der Waals surface area contributed by atoms with E-state index in [1.807, 2.05) is 19.1 Å². The molecule has 6 nitrogen and oxygen atoms in total. The maximum Gasteiger partial charge on any atom is 0.251 e. The molecule has 0 aliphatic carbocycles. The van der Waals surface area contributed by atoms with Crippen LogP contribution in [0.25, 0.3) is 0 Å². The first-order chi connectivity index (χ1) is 12.0. The highest BCUT2D eigenvalue weighted by Crippen LogP contribution is 2.31. The van der Waals surface area contributed by atoms with Crippen molar-refractivity contribution >= 4 is 17.5 Å². The molecule has 2 amide bonds. The number of carbonyl (C=O) groups excluding carboxylic acids is 2. The van der Waals surface area contributed by atoms with Gasteiger partial charge in [-0.05, 0) is 43.3 Å². The van der Waals surface area contributed by atoms with Gasteiger partial charge in [0.05, 0.1) is 14.2 Å². The molecule has 2 aromatic rings. The molecule has 0 atom stereocenters. The third-order valence-corrected chi connectivity index (χ3v) is 3.77. The fourth-order valence-corrected chi connectivity index (χ4v) is 2.56. The van der Waals surface area contributed by atoms with Gasteiger partial charge >= 0.3 is 0 Å². The summed E-state index contributed by atoms with van der Waals surface area (Å²) in [6.07, 6.45) is 0. The lowest BCUT2D eigenvalue weighted by molar-refractivity contribution is -0.114. The van der Waals surface area contributed by atoms with Gasteiger partial charge in [-0.2, -0.15) is 0 Å². The highest BCUT2D eigenvalue weighted by Gasteiger charge is 2.13. The number of amides is 2. The largest absolute Gasteiger partial charge is 0.496 e. The lowest BCUT2D eigenvalue weighted by Crippen LogP contribution is -2.23. The van der Waals surface area contributed by atoms with Crippen LogP contribution >= 0.6 is 0 Å². The quantitative estimate of drug-likeness (QED) is 0.846. The molecule has 6 heteroatoms. The van der Waals surface area contributed by atoms with E-state index in [-0.39, 0.29) is 11.8 Å². The number of carbonyl (C=O) groups is 2. The zero-order valence-corrected chi connectivity index (χ0v) is 14.8. The molecule has 0 radical (unpaired) electrons. The van der Waals surface area contributed by atoms with Crippen LogP contribution in [0.15, 0.2) is 36.4 Å². The van der Waals surface area contributed by atoms with E-state index in [0.717, 1.165) is 16.9 Å². The normalized spacial score (nSPS) is 10.1. The maximum atomic E-state index is 12.3. The molecule has 0 heterocycles. The predicted molar refractivity (Wildman–Crippen MR) is 96.2 cm³/mol. The summed E-state index contributed by atoms with van der Waals surface area (Å²) in [5.74, 6) is 1.07. The molecular formula is C19H22N2O4. The van der Waals surface area contributed by atoms with Crippen LogP contribution in [0.2, 0.25) is 0 Å². The number of anilines is 1. The molecular weight excluding hydrogens is 320 g/mol. The Morgan fingerprint density at radius 2 is 1.68 bits per heavy atom. The van der Waals surface area contributed by atoms with Crippen molar-refractivity contribution in [3.63, 3.8) is 0 Å². The minimum Gasteiger partial charge on any atom is -0.496 e. The summed E-state index contributed by atoms with van der Waals surface area (Å²) in [7, 11) is 3.20. The molecule has 0 fully saturated rings. The molecule has 0 spiro atoms. The summed E-state index contributed by atoms with van der Waals surface area (Å²) in [6, 6.07) is 10.4. The van der Waals surface area contributed by atoms with E-state index in [2.05, 4.69) is 10.6 Å². The Bertz CT molecular complexity index is 770. The van der Waals surface area contributed by atoms with Gasteiger partial charge in [0.2, 0.25) is 5.91 Å². The summed E-state index contributed by atoms with van der Waals surface area (Å²) in [5, 5.41) is 5.53. The third kappa shape index (κ3) is 4.50. The van der Waals surface area contributed by atoms with Crippen molar-refractivity contribution in [3.05, 3.63) is 53.1 Å². The molecule has 0 saturated heterocycles. The summed E-state index contributed by atoms with van der Waals surface area (Å²) < 4.78 is 10.7. The number of rotatable bonds is 6. The van der Waals surface area contributed by atoms with Crippen LogP contribution < -0.4 is 20.1 Å². The zero-order chi connectivity index (χ0) is 18.4. The average Bonchev–Trinajstić information content (AvgIpc) is 2.59. The van der Waals surface area contributed by atoms with Crippen molar-refractivity contribution < 1.29 is 19.1 Å². The number of hydrogen-bond acceptors (Lipinski definition) is 4. The Hall–Kier alpha value is -3.02. The second-order valence-electron chi connectivity index (χ2n) is 5.53. The zero-order valence-electron chi connectivity index (χ0n) is 14.8. The van der Waals surface area contributed by atoms with Crippen molar-refractivity contribution in [2.45, 2.75) is 20.4 Å². The van der Waals surface area contributed by atoms with Gasteiger partial charge in [-0.1, -0.05) is 0 Å². The molecule has 0 aliphatic rings. The van der Waals surface area contributed by atoms with E-state index in [1.165, 1.54) is 6.92 Å². The van der Waals surface area contributed by atoms with Crippen LogP contribution in [0.5, 0.6) is 11.5 Å². The van der Waals surface area contributed by atoms with Gasteiger partial charge in [0.15, 0.2) is 0 Å². The molecule has 0 bridgehead atoms. The van der Waals surface area contributed by atoms with Crippen LogP contribution in [-0.2, 0) is 11.3 Å². The number of nitrogens with one attached hydrogen (secondary N) is 2. The molecule has 2 rings (SSSR count). The van der Waals surface area contributed by atoms with Crippen LogP contribution in [-0.4, -0.2) is 26.0 Å². The fraction of sp³-hybridized carbons (Fsp3) is 0.263. The molecule has 132 valence electrons. The Labute approximate surface area is 147 Å². The predicted octanol–water partition coefficient (Wildman–Crippen LogP) is 2.90. The first-order valence-electron chi connectivity index (χ1n) is 7.82. The van der Waals surface area contributed by atoms with Crippen molar-refractivity contribution in [1.82, 2.24) is 5.32 Å². The highest BCUT2D eigenvalue weighted by molar-refractivity contribution is 5.95. The maximum absolute atomic E-state index is 12.3. The van der Waals surface area contributed by atoms with E-state index in [9.17, 15) is 9.59 Å². The van der Waals surface area contributed by atoms with Crippen LogP contribution in [0.3, 0.4) is 0 Å². The topological polar surface area (TPSA) is 76.7 Å². The van der Waals surface area contributed by atoms with Gasteiger partial charge in [-0.15, -0.1) is 0 Å². The van der Waals surface area contributed by atoms with Gasteiger partial charge in [0.1, 0.15) is 11.5 Å². The summed E-state index contributed by atoms with van der Waals surface area (Å²) in [5.41, 5.74) is 2.91. The van der Waals surface area contributed by atoms with E-state index in [0.29, 0.717) is 23.5 Å². The SMILES string of the molecule is COc1ccc(CNC(=O)c2ccc(NC(C)=O)cc2)c(OC)c1C. The monoisotopic (exact) mass is 342 g/mol. The second kappa shape index (κ2) is 8.19. The van der Waals surface area contributed by atoms with Crippen molar-refractivity contribution in [2.24, 2.45) is 0 Å². The lowest BCUT2D eigenvalue weighted by atomic mass is 10.1. The third-order valence-electron chi connectivity index (χ3n) is 3.77. The smallest absolute Gasteiger partial charge is 0.251 e. The van der Waals surface area contributed by atoms with Gasteiger partial charge in [-0.25, -0.2) is 0 Å². The van der Waals surface area contributed by atoms with Gasteiger partial charge in [0, 0.05) is 35.8 Å². The Balaban J connectivity index is 2.07. The van der Waals surface area contributed by atoms with Crippen LogP contribution in [0.1, 0.15) is 28.4 Å². The Morgan fingerprint density at radius 3 is 2.24 bits per heavy atom. The minimum atomic E-state index is -0.204. The standard InChI is InChI=1S/C19H22N2O4/c1-12-17(24-3)10-7-15(18(12)25-4)11-20-19(23)14-5-8-16(9-6-14)21-13(2)22/h5-10H,11H2,1-4H3,(H,20,23)(H,21,22). The van der Waals surface area contributed by atoms with Gasteiger partial charge in [-0.3, -0.25) is 9.59 Å². The lowest BCUT2D eigenvalue weighted by Gasteiger charge is -2.15. The number of ether oxygens (including phenoxy) is 2. The second-order valence-corrected chi connectivity index (χ2v) is 5.53. The van der Waals surface area contributed by atoms with E-state index in [1.54, 1.807) is 38.5 Å². The van der Waals surface area contributed by atoms with E-state index < -0.39 is 0 Å². The summed E-state index contributed by atoms with van der Waals surface area (Å²) >= 11 is 0. The summed E-state index contributed by atoms with van der Waals surface area (Å²) in [6.45, 7) is 3.68. The number of hydrogen-bond donors (Lipinski definition) is 2. The van der Waals surface area contributed by atoms with Gasteiger partial charge in [0.25, 0.3) is 5.91 Å². The number of methoxy groups -OCH3 is 2. The Morgan fingerprint density at radius 1 is 1.00 bits per heavy atom. The van der Waals surface area contributed by atoms with Crippen molar-refractivity contribution in [1.29, 1.82) is 0 Å².